The molecule has 3 aliphatic rings. The van der Waals surface area contributed by atoms with E-state index in [0.717, 1.165) is 5.56 Å². The van der Waals surface area contributed by atoms with Crippen LogP contribution in [-0.4, -0.2) is 36.5 Å². The smallest absolute Gasteiger partial charge is 0.231 e. The molecule has 5 heteroatoms. The maximum Gasteiger partial charge on any atom is 0.231 e. The fourth-order valence-corrected chi connectivity index (χ4v) is 4.72. The van der Waals surface area contributed by atoms with Crippen LogP contribution < -0.4 is 9.47 Å². The lowest BCUT2D eigenvalue weighted by atomic mass is 9.79. The molecule has 1 N–H and O–H groups in total. The van der Waals surface area contributed by atoms with Crippen LogP contribution in [0.5, 0.6) is 11.5 Å². The molecule has 0 saturated heterocycles. The van der Waals surface area contributed by atoms with Crippen molar-refractivity contribution in [2.75, 3.05) is 13.9 Å². The van der Waals surface area contributed by atoms with Gasteiger partial charge in [0.2, 0.25) is 6.79 Å². The van der Waals surface area contributed by atoms with Gasteiger partial charge in [0.1, 0.15) is 5.60 Å². The van der Waals surface area contributed by atoms with E-state index in [-0.39, 0.29) is 24.4 Å². The Labute approximate surface area is 146 Å². The summed E-state index contributed by atoms with van der Waals surface area (Å²) in [6.07, 6.45) is 3.14. The number of allylic oxidation sites excluding steroid dienone is 2. The molecule has 5 atom stereocenters. The number of aliphatic hydroxyl groups is 1. The number of ether oxygens (including phenoxy) is 3. The SMILES string of the molecule is C=CCC1=C[C@@]2(OC)C(O)[C@@H](C1=O)[C@H](c1ccc3c(c1)OCO3)[C@H]2C. The number of fused-ring (bicyclic) bond motifs is 3. The van der Waals surface area contributed by atoms with Crippen LogP contribution in [0.4, 0.5) is 0 Å². The topological polar surface area (TPSA) is 65.0 Å². The van der Waals surface area contributed by atoms with Crippen molar-refractivity contribution in [3.05, 3.63) is 48.1 Å². The largest absolute Gasteiger partial charge is 0.454 e. The van der Waals surface area contributed by atoms with E-state index >= 15 is 0 Å². The van der Waals surface area contributed by atoms with Gasteiger partial charge in [-0.3, -0.25) is 4.79 Å². The summed E-state index contributed by atoms with van der Waals surface area (Å²) in [6, 6.07) is 5.73. The number of Topliss-reactive ketones (excluding diaryl/α,β-unsaturated/α-hetero) is 1. The quantitative estimate of drug-likeness (QED) is 0.852. The lowest BCUT2D eigenvalue weighted by Crippen LogP contribution is -2.48. The van der Waals surface area contributed by atoms with Gasteiger partial charge in [0.05, 0.1) is 12.0 Å². The van der Waals surface area contributed by atoms with E-state index in [1.54, 1.807) is 13.2 Å². The molecule has 2 bridgehead atoms. The molecule has 2 aliphatic carbocycles. The monoisotopic (exact) mass is 342 g/mol. The fourth-order valence-electron chi connectivity index (χ4n) is 4.72. The number of carbonyl (C=O) groups excluding carboxylic acids is 1. The molecule has 0 radical (unpaired) electrons. The van der Waals surface area contributed by atoms with Gasteiger partial charge < -0.3 is 19.3 Å². The molecule has 4 rings (SSSR count). The zero-order valence-corrected chi connectivity index (χ0v) is 14.4. The van der Waals surface area contributed by atoms with Gasteiger partial charge in [-0.05, 0) is 41.7 Å². The van der Waals surface area contributed by atoms with Gasteiger partial charge in [-0.15, -0.1) is 6.58 Å². The number of aliphatic hydroxyl groups excluding tert-OH is 1. The minimum atomic E-state index is -0.871. The molecular formula is C20H22O5. The molecule has 0 amide bonds. The van der Waals surface area contributed by atoms with Crippen molar-refractivity contribution < 1.29 is 24.1 Å². The number of methoxy groups -OCH3 is 1. The minimum absolute atomic E-state index is 0.0212. The molecule has 25 heavy (non-hydrogen) atoms. The Morgan fingerprint density at radius 2 is 2.12 bits per heavy atom. The second-order valence-electron chi connectivity index (χ2n) is 6.98. The molecule has 0 spiro atoms. The van der Waals surface area contributed by atoms with Crippen LogP contribution in [0.1, 0.15) is 24.8 Å². The Hall–Kier alpha value is -2.11. The van der Waals surface area contributed by atoms with Crippen LogP contribution >= 0.6 is 0 Å². The van der Waals surface area contributed by atoms with E-state index in [0.29, 0.717) is 23.5 Å². The summed E-state index contributed by atoms with van der Waals surface area (Å²) < 4.78 is 16.7. The molecule has 5 nitrogen and oxygen atoms in total. The first-order chi connectivity index (χ1) is 12.0. The van der Waals surface area contributed by atoms with Gasteiger partial charge in [-0.2, -0.15) is 0 Å². The molecule has 1 aliphatic heterocycles. The number of rotatable bonds is 4. The molecule has 1 aromatic rings. The summed E-state index contributed by atoms with van der Waals surface area (Å²) in [4.78, 5) is 13.0. The lowest BCUT2D eigenvalue weighted by molar-refractivity contribution is -0.130. The second-order valence-corrected chi connectivity index (χ2v) is 6.98. The van der Waals surface area contributed by atoms with Crippen molar-refractivity contribution in [2.24, 2.45) is 11.8 Å². The van der Waals surface area contributed by atoms with E-state index in [1.807, 2.05) is 31.2 Å². The lowest BCUT2D eigenvalue weighted by Gasteiger charge is -2.36. The molecular weight excluding hydrogens is 320 g/mol. The van der Waals surface area contributed by atoms with Crippen LogP contribution in [0.15, 0.2) is 42.5 Å². The summed E-state index contributed by atoms with van der Waals surface area (Å²) in [6.45, 7) is 5.97. The van der Waals surface area contributed by atoms with Crippen molar-refractivity contribution in [2.45, 2.75) is 31.0 Å². The van der Waals surface area contributed by atoms with Crippen LogP contribution in [0.3, 0.4) is 0 Å². The standard InChI is InChI=1S/C20H22O5/c1-4-5-13-9-20(23-3)11(2)16(17(18(13)21)19(20)22)12-6-7-14-15(8-12)25-10-24-14/h4,6-9,11,16-17,19,22H,1,5,10H2,2-3H3/t11-,16+,17-,19?,20+/m1/s1. The van der Waals surface area contributed by atoms with Crippen molar-refractivity contribution >= 4 is 5.78 Å². The van der Waals surface area contributed by atoms with Crippen molar-refractivity contribution in [3.8, 4) is 11.5 Å². The third-order valence-electron chi connectivity index (χ3n) is 5.96. The summed E-state index contributed by atoms with van der Waals surface area (Å²) in [5.74, 6) is 0.608. The summed E-state index contributed by atoms with van der Waals surface area (Å²) in [5.41, 5.74) is 0.765. The van der Waals surface area contributed by atoms with Crippen molar-refractivity contribution in [1.29, 1.82) is 0 Å². The number of benzene rings is 1. The summed E-state index contributed by atoms with van der Waals surface area (Å²) >= 11 is 0. The van der Waals surface area contributed by atoms with Crippen molar-refractivity contribution in [3.63, 3.8) is 0 Å². The molecule has 0 aromatic heterocycles. The highest BCUT2D eigenvalue weighted by Crippen LogP contribution is 2.56. The normalized spacial score (nSPS) is 35.6. The first kappa shape index (κ1) is 16.4. The Bertz CT molecular complexity index is 767. The number of hydrogen-bond acceptors (Lipinski definition) is 5. The predicted octanol–water partition coefficient (Wildman–Crippen LogP) is 2.60. The third-order valence-corrected chi connectivity index (χ3v) is 5.96. The van der Waals surface area contributed by atoms with E-state index in [9.17, 15) is 9.90 Å². The zero-order chi connectivity index (χ0) is 17.8. The molecule has 1 unspecified atom stereocenters. The Morgan fingerprint density at radius 3 is 2.84 bits per heavy atom. The summed E-state index contributed by atoms with van der Waals surface area (Å²) in [5, 5.41) is 10.9. The Kier molecular flexibility index (Phi) is 3.74. The first-order valence-corrected chi connectivity index (χ1v) is 8.53. The molecule has 1 fully saturated rings. The zero-order valence-electron chi connectivity index (χ0n) is 14.4. The van der Waals surface area contributed by atoms with E-state index in [4.69, 9.17) is 14.2 Å². The third kappa shape index (κ3) is 2.12. The van der Waals surface area contributed by atoms with Gasteiger partial charge in [0, 0.05) is 13.0 Å². The van der Waals surface area contributed by atoms with Gasteiger partial charge >= 0.3 is 0 Å². The van der Waals surface area contributed by atoms with Gasteiger partial charge in [0.25, 0.3) is 0 Å². The van der Waals surface area contributed by atoms with E-state index < -0.39 is 17.6 Å². The second kappa shape index (κ2) is 5.71. The molecule has 1 heterocycles. The molecule has 1 saturated carbocycles. The van der Waals surface area contributed by atoms with Crippen LogP contribution in [-0.2, 0) is 9.53 Å². The highest BCUT2D eigenvalue weighted by Gasteiger charge is 2.63. The van der Waals surface area contributed by atoms with Crippen LogP contribution in [0.2, 0.25) is 0 Å². The summed E-state index contributed by atoms with van der Waals surface area (Å²) in [7, 11) is 1.59. The number of carbonyl (C=O) groups is 1. The van der Waals surface area contributed by atoms with Crippen LogP contribution in [0, 0.1) is 11.8 Å². The number of hydrogen-bond donors (Lipinski definition) is 1. The highest BCUT2D eigenvalue weighted by molar-refractivity contribution is 6.00. The maximum atomic E-state index is 13.0. The minimum Gasteiger partial charge on any atom is -0.454 e. The van der Waals surface area contributed by atoms with E-state index in [2.05, 4.69) is 6.58 Å². The Balaban J connectivity index is 1.81. The average molecular weight is 342 g/mol. The van der Waals surface area contributed by atoms with Gasteiger partial charge in [-0.25, -0.2) is 0 Å². The Morgan fingerprint density at radius 1 is 1.36 bits per heavy atom. The molecule has 1 aromatic carbocycles. The number of ketones is 1. The van der Waals surface area contributed by atoms with E-state index in [1.165, 1.54) is 0 Å². The van der Waals surface area contributed by atoms with Crippen molar-refractivity contribution in [1.82, 2.24) is 0 Å². The van der Waals surface area contributed by atoms with Gasteiger partial charge in [0.15, 0.2) is 17.3 Å². The van der Waals surface area contributed by atoms with Crippen LogP contribution in [0.25, 0.3) is 0 Å². The average Bonchev–Trinajstić information content (AvgIpc) is 3.13. The molecule has 132 valence electrons. The first-order valence-electron chi connectivity index (χ1n) is 8.53. The fraction of sp³-hybridized carbons (Fsp3) is 0.450. The van der Waals surface area contributed by atoms with Gasteiger partial charge in [-0.1, -0.05) is 19.1 Å². The maximum absolute atomic E-state index is 13.0. The predicted molar refractivity (Wildman–Crippen MR) is 91.6 cm³/mol. The highest BCUT2D eigenvalue weighted by atomic mass is 16.7.